The van der Waals surface area contributed by atoms with Gasteiger partial charge in [0.25, 0.3) is 17.7 Å². The first-order chi connectivity index (χ1) is 12.9. The molecule has 1 aromatic rings. The molecule has 0 spiro atoms. The summed E-state index contributed by atoms with van der Waals surface area (Å²) in [6.45, 7) is 0.596. The number of methoxy groups -OCH3 is 1. The van der Waals surface area contributed by atoms with Gasteiger partial charge in [-0.05, 0) is 31.0 Å². The normalized spacial score (nSPS) is 19.9. The molecule has 2 heterocycles. The van der Waals surface area contributed by atoms with E-state index in [9.17, 15) is 19.2 Å². The summed E-state index contributed by atoms with van der Waals surface area (Å²) in [4.78, 5) is 49.4. The molecule has 0 aliphatic carbocycles. The van der Waals surface area contributed by atoms with E-state index in [-0.39, 0.29) is 35.9 Å². The lowest BCUT2D eigenvalue weighted by Crippen LogP contribution is -2.37. The molecular weight excluding hydrogens is 356 g/mol. The molecule has 2 atom stereocenters. The molecule has 1 fully saturated rings. The highest BCUT2D eigenvalue weighted by atomic mass is 16.5. The molecule has 0 bridgehead atoms. The molecule has 1 saturated heterocycles. The number of carbonyl (C=O) groups is 4. The number of nitrogens with one attached hydrogen (secondary N) is 1. The van der Waals surface area contributed by atoms with Crippen molar-refractivity contribution in [2.75, 3.05) is 26.8 Å². The zero-order valence-corrected chi connectivity index (χ0v) is 14.8. The molecule has 2 unspecified atom stereocenters. The predicted octanol–water partition coefficient (Wildman–Crippen LogP) is 0.291. The van der Waals surface area contributed by atoms with Gasteiger partial charge in [0, 0.05) is 19.3 Å². The molecule has 1 aromatic carbocycles. The van der Waals surface area contributed by atoms with E-state index in [4.69, 9.17) is 14.6 Å². The third-order valence-corrected chi connectivity index (χ3v) is 4.65. The van der Waals surface area contributed by atoms with Crippen molar-refractivity contribution in [3.63, 3.8) is 0 Å². The summed E-state index contributed by atoms with van der Waals surface area (Å²) < 4.78 is 10.2. The number of carboxylic acids is 1. The standard InChI is InChI=1S/C18H20N2O7/c1-26-14(18(24)25)8-19-15(21)10-4-5-12-13(7-10)17(23)20(16(12)22)9-11-3-2-6-27-11/h4-5,7,11,14H,2-3,6,8-9H2,1H3,(H,19,21)(H,24,25). The van der Waals surface area contributed by atoms with Crippen LogP contribution in [0.15, 0.2) is 18.2 Å². The Morgan fingerprint density at radius 1 is 1.33 bits per heavy atom. The molecular formula is C18H20N2O7. The smallest absolute Gasteiger partial charge is 0.334 e. The minimum atomic E-state index is -1.20. The molecule has 2 aliphatic rings. The van der Waals surface area contributed by atoms with E-state index in [1.54, 1.807) is 0 Å². The first-order valence-corrected chi connectivity index (χ1v) is 8.58. The summed E-state index contributed by atoms with van der Waals surface area (Å²) in [7, 11) is 1.23. The molecule has 9 nitrogen and oxygen atoms in total. The first-order valence-electron chi connectivity index (χ1n) is 8.58. The van der Waals surface area contributed by atoms with Gasteiger partial charge in [-0.25, -0.2) is 4.79 Å². The highest BCUT2D eigenvalue weighted by molar-refractivity contribution is 6.22. The van der Waals surface area contributed by atoms with Crippen LogP contribution in [0.2, 0.25) is 0 Å². The Morgan fingerprint density at radius 3 is 2.70 bits per heavy atom. The van der Waals surface area contributed by atoms with Gasteiger partial charge in [-0.2, -0.15) is 0 Å². The first kappa shape index (κ1) is 19.0. The quantitative estimate of drug-likeness (QED) is 0.656. The number of amides is 3. The molecule has 27 heavy (non-hydrogen) atoms. The van der Waals surface area contributed by atoms with Crippen molar-refractivity contribution in [1.29, 1.82) is 0 Å². The molecule has 144 valence electrons. The SMILES string of the molecule is COC(CNC(=O)c1ccc2c(c1)C(=O)N(CC1CCCO1)C2=O)C(=O)O. The average Bonchev–Trinajstić information content (AvgIpc) is 3.25. The molecule has 2 N–H and O–H groups in total. The van der Waals surface area contributed by atoms with Gasteiger partial charge in [-0.15, -0.1) is 0 Å². The average molecular weight is 376 g/mol. The van der Waals surface area contributed by atoms with Gasteiger partial charge >= 0.3 is 5.97 Å². The van der Waals surface area contributed by atoms with E-state index in [1.165, 1.54) is 25.3 Å². The van der Waals surface area contributed by atoms with Crippen LogP contribution < -0.4 is 5.32 Å². The van der Waals surface area contributed by atoms with Crippen LogP contribution >= 0.6 is 0 Å². The zero-order valence-electron chi connectivity index (χ0n) is 14.8. The van der Waals surface area contributed by atoms with Gasteiger partial charge in [0.15, 0.2) is 6.10 Å². The van der Waals surface area contributed by atoms with Crippen LogP contribution in [0.3, 0.4) is 0 Å². The summed E-state index contributed by atoms with van der Waals surface area (Å²) in [6.07, 6.45) is 0.368. The van der Waals surface area contributed by atoms with Crippen LogP contribution in [0.25, 0.3) is 0 Å². The molecule has 0 aromatic heterocycles. The van der Waals surface area contributed by atoms with Gasteiger partial charge in [-0.3, -0.25) is 19.3 Å². The van der Waals surface area contributed by atoms with Crippen LogP contribution in [0.4, 0.5) is 0 Å². The third-order valence-electron chi connectivity index (χ3n) is 4.65. The van der Waals surface area contributed by atoms with Crippen LogP contribution in [0, 0.1) is 0 Å². The van der Waals surface area contributed by atoms with E-state index in [0.717, 1.165) is 17.7 Å². The number of nitrogens with zero attached hydrogens (tertiary/aromatic N) is 1. The fourth-order valence-electron chi connectivity index (χ4n) is 3.15. The fourth-order valence-corrected chi connectivity index (χ4v) is 3.15. The third kappa shape index (κ3) is 3.83. The number of carbonyl (C=O) groups excluding carboxylic acids is 3. The van der Waals surface area contributed by atoms with Gasteiger partial charge in [0.2, 0.25) is 0 Å². The maximum atomic E-state index is 12.6. The van der Waals surface area contributed by atoms with Crippen molar-refractivity contribution in [3.05, 3.63) is 34.9 Å². The van der Waals surface area contributed by atoms with Crippen LogP contribution in [0.5, 0.6) is 0 Å². The lowest BCUT2D eigenvalue weighted by Gasteiger charge is -2.17. The number of ether oxygens (including phenoxy) is 2. The molecule has 2 aliphatic heterocycles. The number of carboxylic acid groups (broad SMARTS) is 1. The Morgan fingerprint density at radius 2 is 2.07 bits per heavy atom. The lowest BCUT2D eigenvalue weighted by atomic mass is 10.1. The van der Waals surface area contributed by atoms with Crippen LogP contribution in [0.1, 0.15) is 43.9 Å². The van der Waals surface area contributed by atoms with Crippen molar-refractivity contribution in [2.45, 2.75) is 25.0 Å². The fraction of sp³-hybridized carbons (Fsp3) is 0.444. The van der Waals surface area contributed by atoms with E-state index in [2.05, 4.69) is 5.32 Å². The second kappa shape index (κ2) is 7.85. The summed E-state index contributed by atoms with van der Waals surface area (Å²) in [5.74, 6) is -2.61. The van der Waals surface area contributed by atoms with E-state index >= 15 is 0 Å². The highest BCUT2D eigenvalue weighted by Gasteiger charge is 2.38. The van der Waals surface area contributed by atoms with Crippen LogP contribution in [-0.2, 0) is 14.3 Å². The molecule has 0 saturated carbocycles. The van der Waals surface area contributed by atoms with Gasteiger partial charge in [0.1, 0.15) is 0 Å². The second-order valence-electron chi connectivity index (χ2n) is 6.39. The maximum Gasteiger partial charge on any atom is 0.334 e. The highest BCUT2D eigenvalue weighted by Crippen LogP contribution is 2.26. The minimum Gasteiger partial charge on any atom is -0.479 e. The molecule has 3 rings (SSSR count). The largest absolute Gasteiger partial charge is 0.479 e. The van der Waals surface area contributed by atoms with Crippen molar-refractivity contribution in [3.8, 4) is 0 Å². The number of hydrogen-bond donors (Lipinski definition) is 2. The van der Waals surface area contributed by atoms with E-state index < -0.39 is 29.8 Å². The maximum absolute atomic E-state index is 12.6. The molecule has 9 heteroatoms. The molecule has 3 amide bonds. The Kier molecular flexibility index (Phi) is 5.52. The topological polar surface area (TPSA) is 122 Å². The Hall–Kier alpha value is -2.78. The Labute approximate surface area is 155 Å². The summed E-state index contributed by atoms with van der Waals surface area (Å²) in [6, 6.07) is 4.21. The van der Waals surface area contributed by atoms with Crippen molar-refractivity contribution in [1.82, 2.24) is 10.2 Å². The number of imide groups is 1. The number of aliphatic carboxylic acids is 1. The zero-order chi connectivity index (χ0) is 19.6. The Bertz CT molecular complexity index is 786. The van der Waals surface area contributed by atoms with Crippen LogP contribution in [-0.4, -0.2) is 72.7 Å². The van der Waals surface area contributed by atoms with Gasteiger partial charge < -0.3 is 19.9 Å². The van der Waals surface area contributed by atoms with E-state index in [1.807, 2.05) is 0 Å². The number of rotatable bonds is 7. The van der Waals surface area contributed by atoms with Crippen molar-refractivity contribution < 1.29 is 33.8 Å². The molecule has 0 radical (unpaired) electrons. The number of hydrogen-bond acceptors (Lipinski definition) is 6. The van der Waals surface area contributed by atoms with Gasteiger partial charge in [-0.1, -0.05) is 0 Å². The predicted molar refractivity (Wildman–Crippen MR) is 91.5 cm³/mol. The lowest BCUT2D eigenvalue weighted by molar-refractivity contribution is -0.148. The minimum absolute atomic E-state index is 0.156. The van der Waals surface area contributed by atoms with Gasteiger partial charge in [0.05, 0.1) is 30.3 Å². The Balaban J connectivity index is 1.71. The summed E-state index contributed by atoms with van der Waals surface area (Å²) in [5, 5.41) is 11.4. The number of fused-ring (bicyclic) bond motifs is 1. The monoisotopic (exact) mass is 376 g/mol. The van der Waals surface area contributed by atoms with Crippen molar-refractivity contribution in [2.24, 2.45) is 0 Å². The summed E-state index contributed by atoms with van der Waals surface area (Å²) in [5.41, 5.74) is 0.566. The van der Waals surface area contributed by atoms with E-state index in [0.29, 0.717) is 6.61 Å². The van der Waals surface area contributed by atoms with Crippen molar-refractivity contribution >= 4 is 23.7 Å². The number of benzene rings is 1. The second-order valence-corrected chi connectivity index (χ2v) is 6.39. The summed E-state index contributed by atoms with van der Waals surface area (Å²) >= 11 is 0.